The Bertz CT molecular complexity index is 627. The van der Waals surface area contributed by atoms with Crippen molar-refractivity contribution >= 4 is 11.8 Å². The van der Waals surface area contributed by atoms with Crippen LogP contribution in [-0.4, -0.2) is 67.5 Å². The molecule has 0 bridgehead atoms. The Hall–Kier alpha value is -1.99. The largest absolute Gasteiger partial charge is 0.340 e. The van der Waals surface area contributed by atoms with Gasteiger partial charge in [0.25, 0.3) is 0 Å². The molecule has 0 radical (unpaired) electrons. The lowest BCUT2D eigenvalue weighted by atomic mass is 9.77. The van der Waals surface area contributed by atoms with Gasteiger partial charge < -0.3 is 9.80 Å². The lowest BCUT2D eigenvalue weighted by Crippen LogP contribution is -2.54. The van der Waals surface area contributed by atoms with Crippen LogP contribution >= 0.6 is 0 Å². The van der Waals surface area contributed by atoms with Crippen molar-refractivity contribution in [1.29, 1.82) is 0 Å². The van der Waals surface area contributed by atoms with Gasteiger partial charge >= 0.3 is 0 Å². The first-order valence-electron chi connectivity index (χ1n) is 9.48. The first kappa shape index (κ1) is 16.5. The number of carbonyl (C=O) groups excluding carboxylic acids is 2. The molecule has 2 amide bonds. The molecule has 0 N–H and O–H groups in total. The highest BCUT2D eigenvalue weighted by Gasteiger charge is 2.50. The molecule has 2 aliphatic heterocycles. The van der Waals surface area contributed by atoms with Crippen LogP contribution in [0.1, 0.15) is 51.4 Å². The third-order valence-corrected chi connectivity index (χ3v) is 6.18. The molecule has 3 heterocycles. The van der Waals surface area contributed by atoms with Gasteiger partial charge in [0.1, 0.15) is 12.9 Å². The van der Waals surface area contributed by atoms with Crippen LogP contribution in [0.3, 0.4) is 0 Å². The van der Waals surface area contributed by atoms with Crippen molar-refractivity contribution < 1.29 is 9.59 Å². The average Bonchev–Trinajstić information content (AvgIpc) is 3.29. The van der Waals surface area contributed by atoms with Crippen molar-refractivity contribution in [3.63, 3.8) is 0 Å². The number of nitrogens with zero attached hydrogens (tertiary/aromatic N) is 6. The fraction of sp³-hybridized carbons (Fsp3) is 0.824. The second-order valence-electron chi connectivity index (χ2n) is 7.75. The summed E-state index contributed by atoms with van der Waals surface area (Å²) in [6.07, 6.45) is 10.2. The van der Waals surface area contributed by atoms with Crippen LogP contribution in [-0.2, 0) is 16.1 Å². The third-order valence-electron chi connectivity index (χ3n) is 6.18. The quantitative estimate of drug-likeness (QED) is 0.810. The van der Waals surface area contributed by atoms with Gasteiger partial charge in [-0.05, 0) is 42.5 Å². The molecule has 1 spiro atoms. The lowest BCUT2D eigenvalue weighted by molar-refractivity contribution is -0.149. The molecule has 136 valence electrons. The van der Waals surface area contributed by atoms with Crippen molar-refractivity contribution in [2.24, 2.45) is 5.41 Å². The monoisotopic (exact) mass is 346 g/mol. The van der Waals surface area contributed by atoms with Gasteiger partial charge in [0.05, 0.1) is 5.41 Å². The number of tetrazole rings is 1. The van der Waals surface area contributed by atoms with E-state index in [0.29, 0.717) is 25.0 Å². The normalized spacial score (nSPS) is 28.1. The van der Waals surface area contributed by atoms with E-state index in [0.717, 1.165) is 38.6 Å². The van der Waals surface area contributed by atoms with Crippen molar-refractivity contribution in [3.8, 4) is 0 Å². The number of amides is 2. The van der Waals surface area contributed by atoms with Gasteiger partial charge in [0.2, 0.25) is 11.8 Å². The van der Waals surface area contributed by atoms with E-state index in [4.69, 9.17) is 0 Å². The predicted octanol–water partition coefficient (Wildman–Crippen LogP) is 0.847. The summed E-state index contributed by atoms with van der Waals surface area (Å²) in [7, 11) is 0. The third kappa shape index (κ3) is 3.14. The molecule has 3 aliphatic rings. The molecule has 25 heavy (non-hydrogen) atoms. The van der Waals surface area contributed by atoms with Crippen LogP contribution in [0, 0.1) is 5.41 Å². The minimum atomic E-state index is -0.355. The van der Waals surface area contributed by atoms with Crippen molar-refractivity contribution in [1.82, 2.24) is 30.0 Å². The van der Waals surface area contributed by atoms with Crippen LogP contribution in [0.4, 0.5) is 0 Å². The molecule has 1 aromatic rings. The molecule has 1 aliphatic carbocycles. The van der Waals surface area contributed by atoms with Crippen LogP contribution in [0.2, 0.25) is 0 Å². The van der Waals surface area contributed by atoms with E-state index in [1.807, 2.05) is 4.90 Å². The number of hydrogen-bond acceptors (Lipinski definition) is 5. The second-order valence-corrected chi connectivity index (χ2v) is 7.75. The number of aromatic nitrogens is 4. The summed E-state index contributed by atoms with van der Waals surface area (Å²) in [6.45, 7) is 2.24. The molecule has 4 rings (SSSR count). The number of piperidine rings is 1. The summed E-state index contributed by atoms with van der Waals surface area (Å²) in [5, 5.41) is 10.9. The molecule has 1 unspecified atom stereocenters. The van der Waals surface area contributed by atoms with Gasteiger partial charge in [-0.2, -0.15) is 0 Å². The minimum Gasteiger partial charge on any atom is -0.340 e. The van der Waals surface area contributed by atoms with Gasteiger partial charge in [-0.1, -0.05) is 19.3 Å². The zero-order valence-corrected chi connectivity index (χ0v) is 14.6. The van der Waals surface area contributed by atoms with Gasteiger partial charge in [0, 0.05) is 25.7 Å². The molecule has 3 fully saturated rings. The van der Waals surface area contributed by atoms with Gasteiger partial charge in [0.15, 0.2) is 0 Å². The molecule has 8 heteroatoms. The minimum absolute atomic E-state index is 0.00763. The first-order valence-corrected chi connectivity index (χ1v) is 9.48. The zero-order valence-electron chi connectivity index (χ0n) is 14.6. The Balaban J connectivity index is 1.42. The van der Waals surface area contributed by atoms with Crippen LogP contribution in [0.15, 0.2) is 6.33 Å². The second kappa shape index (κ2) is 6.72. The number of hydrogen-bond donors (Lipinski definition) is 0. The van der Waals surface area contributed by atoms with E-state index in [2.05, 4.69) is 20.4 Å². The van der Waals surface area contributed by atoms with E-state index in [1.54, 1.807) is 0 Å². The first-order chi connectivity index (χ1) is 12.2. The maximum Gasteiger partial charge on any atom is 0.244 e. The van der Waals surface area contributed by atoms with Crippen LogP contribution < -0.4 is 0 Å². The standard InChI is InChI=1S/C17H26N6O2/c24-15(11-22-13-18-19-20-22)21-10-8-17(12-21)7-4-9-23(16(17)25)14-5-2-1-3-6-14/h13-14H,1-12H2. The lowest BCUT2D eigenvalue weighted by Gasteiger charge is -2.44. The summed E-state index contributed by atoms with van der Waals surface area (Å²) in [5.74, 6) is 0.287. The van der Waals surface area contributed by atoms with Crippen LogP contribution in [0.25, 0.3) is 0 Å². The summed E-state index contributed by atoms with van der Waals surface area (Å²) in [5.41, 5.74) is -0.355. The number of rotatable bonds is 3. The summed E-state index contributed by atoms with van der Waals surface area (Å²) in [6, 6.07) is 0.421. The number of likely N-dealkylation sites (tertiary alicyclic amines) is 2. The average molecular weight is 346 g/mol. The van der Waals surface area contributed by atoms with E-state index in [1.165, 1.54) is 30.3 Å². The Morgan fingerprint density at radius 2 is 2.00 bits per heavy atom. The maximum absolute atomic E-state index is 13.3. The highest BCUT2D eigenvalue weighted by atomic mass is 16.2. The molecular formula is C17H26N6O2. The Kier molecular flexibility index (Phi) is 4.43. The Morgan fingerprint density at radius 1 is 1.16 bits per heavy atom. The van der Waals surface area contributed by atoms with E-state index < -0.39 is 0 Å². The van der Waals surface area contributed by atoms with Gasteiger partial charge in [-0.25, -0.2) is 4.68 Å². The summed E-state index contributed by atoms with van der Waals surface area (Å²) < 4.78 is 1.43. The smallest absolute Gasteiger partial charge is 0.244 e. The van der Waals surface area contributed by atoms with Crippen molar-refractivity contribution in [2.75, 3.05) is 19.6 Å². The van der Waals surface area contributed by atoms with E-state index in [9.17, 15) is 9.59 Å². The Morgan fingerprint density at radius 3 is 2.76 bits per heavy atom. The molecular weight excluding hydrogens is 320 g/mol. The fourth-order valence-electron chi connectivity index (χ4n) is 4.80. The van der Waals surface area contributed by atoms with Crippen molar-refractivity contribution in [2.45, 2.75) is 64.0 Å². The molecule has 2 saturated heterocycles. The van der Waals surface area contributed by atoms with Crippen molar-refractivity contribution in [3.05, 3.63) is 6.33 Å². The highest BCUT2D eigenvalue weighted by molar-refractivity contribution is 5.86. The zero-order chi connectivity index (χ0) is 17.3. The maximum atomic E-state index is 13.3. The molecule has 8 nitrogen and oxygen atoms in total. The summed E-state index contributed by atoms with van der Waals surface area (Å²) in [4.78, 5) is 29.8. The van der Waals surface area contributed by atoms with E-state index in [-0.39, 0.29) is 17.9 Å². The highest BCUT2D eigenvalue weighted by Crippen LogP contribution is 2.42. The van der Waals surface area contributed by atoms with Gasteiger partial charge in [-0.3, -0.25) is 9.59 Å². The Labute approximate surface area is 147 Å². The molecule has 0 aromatic carbocycles. The van der Waals surface area contributed by atoms with Crippen LogP contribution in [0.5, 0.6) is 0 Å². The fourth-order valence-corrected chi connectivity index (χ4v) is 4.80. The van der Waals surface area contributed by atoms with E-state index >= 15 is 0 Å². The van der Waals surface area contributed by atoms with Gasteiger partial charge in [-0.15, -0.1) is 5.10 Å². The molecule has 1 atom stereocenters. The molecule has 1 saturated carbocycles. The topological polar surface area (TPSA) is 84.2 Å². The predicted molar refractivity (Wildman–Crippen MR) is 89.3 cm³/mol. The summed E-state index contributed by atoms with van der Waals surface area (Å²) >= 11 is 0. The SMILES string of the molecule is O=C(Cn1cnnn1)N1CCC2(CCCN(C3CCCCC3)C2=O)C1. The number of carbonyl (C=O) groups is 2. The molecule has 1 aromatic heterocycles.